The molecule has 0 unspecified atom stereocenters. The van der Waals surface area contributed by atoms with Gasteiger partial charge in [-0.25, -0.2) is 0 Å². The number of Topliss-reactive ketones (excluding diaryl/α,β-unsaturated/α-hetero) is 1. The Morgan fingerprint density at radius 1 is 0.731 bits per heavy atom. The predicted molar refractivity (Wildman–Crippen MR) is 205 cm³/mol. The van der Waals surface area contributed by atoms with E-state index < -0.39 is 0 Å². The molecule has 2 saturated carbocycles. The summed E-state index contributed by atoms with van der Waals surface area (Å²) in [6.45, 7) is 13.9. The molecule has 7 rings (SSSR count). The van der Waals surface area contributed by atoms with Gasteiger partial charge in [0.1, 0.15) is 23.6 Å². The summed E-state index contributed by atoms with van der Waals surface area (Å²) in [6.07, 6.45) is 13.8. The van der Waals surface area contributed by atoms with Gasteiger partial charge in [-0.3, -0.25) is 4.79 Å². The summed E-state index contributed by atoms with van der Waals surface area (Å²) in [6, 6.07) is 12.8. The SMILES string of the molecule is CC1(C)OB(C2=CCC3(CC2)OCCO3)OC1(C)C.COc1ccc(C2CCC(=O)CC2)cc1C.COc1ccc(C2CCC(C=O)CC2)cc1C. The molecule has 8 nitrogen and oxygen atoms in total. The van der Waals surface area contributed by atoms with Gasteiger partial charge in [0, 0.05) is 31.6 Å². The number of hydrogen-bond donors (Lipinski definition) is 0. The lowest BCUT2D eigenvalue weighted by Crippen LogP contribution is -2.41. The van der Waals surface area contributed by atoms with E-state index in [1.807, 2.05) is 6.07 Å². The lowest BCUT2D eigenvalue weighted by Gasteiger charge is -2.32. The van der Waals surface area contributed by atoms with Gasteiger partial charge in [0.2, 0.25) is 0 Å². The largest absolute Gasteiger partial charge is 0.496 e. The summed E-state index contributed by atoms with van der Waals surface area (Å²) in [5.74, 6) is 3.42. The molecule has 9 heteroatoms. The summed E-state index contributed by atoms with van der Waals surface area (Å²) >= 11 is 0. The van der Waals surface area contributed by atoms with E-state index in [1.165, 1.54) is 27.7 Å². The summed E-state index contributed by atoms with van der Waals surface area (Å²) in [7, 11) is 3.18. The summed E-state index contributed by atoms with van der Waals surface area (Å²) in [5, 5.41) is 0. The first-order valence-corrected chi connectivity index (χ1v) is 19.4. The molecule has 2 aromatic carbocycles. The van der Waals surface area contributed by atoms with E-state index in [9.17, 15) is 9.59 Å². The molecule has 0 radical (unpaired) electrons. The van der Waals surface area contributed by atoms with Crippen LogP contribution in [-0.2, 0) is 28.4 Å². The van der Waals surface area contributed by atoms with E-state index in [0.717, 1.165) is 88.4 Å². The fraction of sp³-hybridized carbons (Fsp3) is 0.628. The number of methoxy groups -OCH3 is 2. The number of ether oxygens (including phenoxy) is 4. The molecule has 0 atom stereocenters. The predicted octanol–water partition coefficient (Wildman–Crippen LogP) is 9.18. The van der Waals surface area contributed by atoms with Gasteiger partial charge in [-0.15, -0.1) is 0 Å². The number of hydrogen-bond acceptors (Lipinski definition) is 8. The van der Waals surface area contributed by atoms with Crippen molar-refractivity contribution in [2.45, 2.75) is 141 Å². The highest BCUT2D eigenvalue weighted by Crippen LogP contribution is 2.43. The molecule has 0 amide bonds. The molecule has 5 aliphatic rings. The minimum atomic E-state index is -0.368. The summed E-state index contributed by atoms with van der Waals surface area (Å²) < 4.78 is 34.1. The molecule has 2 aliphatic heterocycles. The average molecular weight is 717 g/mol. The van der Waals surface area contributed by atoms with Crippen molar-refractivity contribution < 1.29 is 37.8 Å². The Kier molecular flexibility index (Phi) is 13.5. The zero-order valence-corrected chi connectivity index (χ0v) is 32.9. The van der Waals surface area contributed by atoms with Gasteiger partial charge < -0.3 is 33.1 Å². The molecular formula is C43H61BO8. The van der Waals surface area contributed by atoms with Crippen molar-refractivity contribution in [2.75, 3.05) is 27.4 Å². The fourth-order valence-electron chi connectivity index (χ4n) is 7.97. The van der Waals surface area contributed by atoms with Gasteiger partial charge in [-0.05, 0) is 138 Å². The number of benzene rings is 2. The van der Waals surface area contributed by atoms with Gasteiger partial charge in [-0.2, -0.15) is 0 Å². The number of carbonyl (C=O) groups is 2. The zero-order valence-electron chi connectivity index (χ0n) is 32.9. The van der Waals surface area contributed by atoms with Gasteiger partial charge in [0.15, 0.2) is 5.79 Å². The third-order valence-corrected chi connectivity index (χ3v) is 12.1. The standard InChI is InChI=1S/C15H20O2.C14H23BO4.C14H18O2/c1-11-9-14(7-8-15(11)17-2)13-5-3-12(10-16)4-6-13;1-12(2)13(3,4)19-15(18-12)11-5-7-14(8-6-11)16-9-10-17-14;1-10-9-12(5-8-14(10)16-2)11-3-6-13(15)7-4-11/h7-10,12-13H,3-6H2,1-2H3;5H,6-10H2,1-4H3;5,8-9,11H,3-4,6-7H2,1-2H3. The number of aryl methyl sites for hydroxylation is 2. The highest BCUT2D eigenvalue weighted by atomic mass is 16.7. The van der Waals surface area contributed by atoms with Crippen molar-refractivity contribution in [1.29, 1.82) is 0 Å². The molecule has 0 aromatic heterocycles. The Morgan fingerprint density at radius 3 is 1.65 bits per heavy atom. The molecule has 0 bridgehead atoms. The topological polar surface area (TPSA) is 89.5 Å². The van der Waals surface area contributed by atoms with Crippen LogP contribution >= 0.6 is 0 Å². The van der Waals surface area contributed by atoms with Crippen LogP contribution < -0.4 is 9.47 Å². The first kappa shape index (κ1) is 40.2. The van der Waals surface area contributed by atoms with Crippen molar-refractivity contribution in [3.63, 3.8) is 0 Å². The van der Waals surface area contributed by atoms with E-state index >= 15 is 0 Å². The number of aldehydes is 1. The molecule has 3 aliphatic carbocycles. The van der Waals surface area contributed by atoms with Crippen molar-refractivity contribution in [2.24, 2.45) is 5.92 Å². The van der Waals surface area contributed by atoms with Crippen LogP contribution in [0.2, 0.25) is 0 Å². The Hall–Kier alpha value is -2.98. The van der Waals surface area contributed by atoms with Crippen LogP contribution in [0.5, 0.6) is 11.5 Å². The van der Waals surface area contributed by atoms with Gasteiger partial charge in [0.05, 0.1) is 38.6 Å². The van der Waals surface area contributed by atoms with Crippen LogP contribution in [0.25, 0.3) is 0 Å². The van der Waals surface area contributed by atoms with Crippen molar-refractivity contribution >= 4 is 19.2 Å². The molecule has 2 heterocycles. The van der Waals surface area contributed by atoms with Crippen LogP contribution in [0, 0.1) is 19.8 Å². The third kappa shape index (κ3) is 9.76. The second-order valence-electron chi connectivity index (χ2n) is 16.2. The zero-order chi connectivity index (χ0) is 37.5. The molecule has 0 N–H and O–H groups in total. The van der Waals surface area contributed by atoms with E-state index in [2.05, 4.69) is 78.0 Å². The Labute approximate surface area is 312 Å². The van der Waals surface area contributed by atoms with Crippen LogP contribution in [0.4, 0.5) is 0 Å². The first-order chi connectivity index (χ1) is 24.8. The summed E-state index contributed by atoms with van der Waals surface area (Å²) in [4.78, 5) is 21.9. The van der Waals surface area contributed by atoms with E-state index in [0.29, 0.717) is 36.8 Å². The molecular weight excluding hydrogens is 655 g/mol. The second-order valence-corrected chi connectivity index (χ2v) is 16.2. The minimum Gasteiger partial charge on any atom is -0.496 e. The monoisotopic (exact) mass is 716 g/mol. The number of carbonyl (C=O) groups excluding carboxylic acids is 2. The van der Waals surface area contributed by atoms with Gasteiger partial charge >= 0.3 is 7.12 Å². The number of ketones is 1. The normalized spacial score (nSPS) is 25.0. The van der Waals surface area contributed by atoms with E-state index in [1.54, 1.807) is 14.2 Å². The Balaban J connectivity index is 0.000000151. The quantitative estimate of drug-likeness (QED) is 0.216. The van der Waals surface area contributed by atoms with Crippen molar-refractivity contribution in [3.8, 4) is 11.5 Å². The van der Waals surface area contributed by atoms with E-state index in [-0.39, 0.29) is 24.1 Å². The Morgan fingerprint density at radius 2 is 1.23 bits per heavy atom. The molecule has 4 fully saturated rings. The number of rotatable bonds is 6. The highest BCUT2D eigenvalue weighted by Gasteiger charge is 2.53. The fourth-order valence-corrected chi connectivity index (χ4v) is 7.97. The third-order valence-electron chi connectivity index (χ3n) is 12.1. The molecule has 2 saturated heterocycles. The van der Waals surface area contributed by atoms with Crippen LogP contribution in [0.15, 0.2) is 47.9 Å². The van der Waals surface area contributed by atoms with Crippen LogP contribution in [0.3, 0.4) is 0 Å². The molecule has 52 heavy (non-hydrogen) atoms. The number of allylic oxidation sites excluding steroid dienone is 1. The van der Waals surface area contributed by atoms with Gasteiger partial charge in [0.25, 0.3) is 0 Å². The van der Waals surface area contributed by atoms with Crippen molar-refractivity contribution in [1.82, 2.24) is 0 Å². The second kappa shape index (κ2) is 17.4. The minimum absolute atomic E-state index is 0.219. The lowest BCUT2D eigenvalue weighted by atomic mass is 9.71. The molecule has 1 spiro atoms. The highest BCUT2D eigenvalue weighted by molar-refractivity contribution is 6.54. The smallest absolute Gasteiger partial charge is 0.490 e. The van der Waals surface area contributed by atoms with Gasteiger partial charge in [-0.1, -0.05) is 30.3 Å². The van der Waals surface area contributed by atoms with Crippen LogP contribution in [0.1, 0.15) is 132 Å². The average Bonchev–Trinajstić information content (AvgIpc) is 3.68. The van der Waals surface area contributed by atoms with E-state index in [4.69, 9.17) is 28.3 Å². The van der Waals surface area contributed by atoms with Crippen molar-refractivity contribution in [3.05, 3.63) is 70.2 Å². The summed E-state index contributed by atoms with van der Waals surface area (Å²) in [5.41, 5.74) is 5.81. The van der Waals surface area contributed by atoms with Crippen LogP contribution in [-0.4, -0.2) is 63.6 Å². The molecule has 2 aromatic rings. The first-order valence-electron chi connectivity index (χ1n) is 19.4. The Bertz CT molecular complexity index is 1520. The maximum Gasteiger partial charge on any atom is 0.490 e. The maximum absolute atomic E-state index is 11.2. The maximum atomic E-state index is 11.2. The lowest BCUT2D eigenvalue weighted by molar-refractivity contribution is -0.161. The molecule has 284 valence electrons.